The molecule has 0 bridgehead atoms. The van der Waals surface area contributed by atoms with Crippen molar-refractivity contribution in [2.75, 3.05) is 12.4 Å². The molecule has 1 saturated heterocycles. The number of hydrogen-bond acceptors (Lipinski definition) is 3. The second-order valence-corrected chi connectivity index (χ2v) is 4.71. The minimum atomic E-state index is -0.603. The summed E-state index contributed by atoms with van der Waals surface area (Å²) in [5.41, 5.74) is 1.26. The van der Waals surface area contributed by atoms with E-state index in [1.54, 1.807) is 11.8 Å². The Morgan fingerprint density at radius 3 is 2.86 bits per heavy atom. The summed E-state index contributed by atoms with van der Waals surface area (Å²) in [4.78, 5) is 0. The van der Waals surface area contributed by atoms with E-state index in [9.17, 15) is 5.11 Å². The van der Waals surface area contributed by atoms with Gasteiger partial charge in [0.1, 0.15) is 0 Å². The minimum absolute atomic E-state index is 0.186. The van der Waals surface area contributed by atoms with E-state index in [2.05, 4.69) is 12.1 Å². The maximum absolute atomic E-state index is 9.59. The summed E-state index contributed by atoms with van der Waals surface area (Å²) in [5.74, 6) is 0.981. The highest BCUT2D eigenvalue weighted by molar-refractivity contribution is 8.00. The smallest absolute Gasteiger partial charge is 0.166 e. The molecule has 1 aliphatic heterocycles. The lowest BCUT2D eigenvalue weighted by Crippen LogP contribution is -2.33. The fourth-order valence-electron chi connectivity index (χ4n) is 1.56. The van der Waals surface area contributed by atoms with Crippen molar-refractivity contribution in [1.82, 2.24) is 0 Å². The van der Waals surface area contributed by atoms with Crippen molar-refractivity contribution >= 4 is 11.8 Å². The van der Waals surface area contributed by atoms with Gasteiger partial charge >= 0.3 is 0 Å². The normalized spacial score (nSPS) is 27.5. The van der Waals surface area contributed by atoms with Crippen LogP contribution in [0.15, 0.2) is 30.3 Å². The van der Waals surface area contributed by atoms with Crippen molar-refractivity contribution in [3.05, 3.63) is 35.9 Å². The number of benzene rings is 1. The molecule has 1 heterocycles. The standard InChI is InChI=1S/C11H14O2S/c12-11-10(14-7-6-13-11)8-9-4-2-1-3-5-9/h1-5,10-12H,6-8H2. The van der Waals surface area contributed by atoms with Gasteiger partial charge in [-0.05, 0) is 12.0 Å². The van der Waals surface area contributed by atoms with Crippen LogP contribution in [0.1, 0.15) is 5.56 Å². The van der Waals surface area contributed by atoms with Gasteiger partial charge in [-0.2, -0.15) is 11.8 Å². The van der Waals surface area contributed by atoms with Gasteiger partial charge < -0.3 is 9.84 Å². The van der Waals surface area contributed by atoms with Crippen LogP contribution in [-0.4, -0.2) is 29.0 Å². The quantitative estimate of drug-likeness (QED) is 0.805. The zero-order valence-corrected chi connectivity index (χ0v) is 8.74. The second kappa shape index (κ2) is 4.82. The average Bonchev–Trinajstić information content (AvgIpc) is 2.23. The van der Waals surface area contributed by atoms with Gasteiger partial charge in [-0.25, -0.2) is 0 Å². The van der Waals surface area contributed by atoms with Crippen LogP contribution in [-0.2, 0) is 11.2 Å². The van der Waals surface area contributed by atoms with E-state index in [0.29, 0.717) is 6.61 Å². The molecule has 1 aliphatic rings. The van der Waals surface area contributed by atoms with Crippen LogP contribution < -0.4 is 0 Å². The predicted molar refractivity (Wildman–Crippen MR) is 58.4 cm³/mol. The molecule has 14 heavy (non-hydrogen) atoms. The number of aliphatic hydroxyl groups is 1. The van der Waals surface area contributed by atoms with Crippen LogP contribution in [0.4, 0.5) is 0 Å². The van der Waals surface area contributed by atoms with Gasteiger partial charge in [-0.15, -0.1) is 0 Å². The molecule has 2 unspecified atom stereocenters. The molecule has 3 heteroatoms. The number of ether oxygens (including phenoxy) is 1. The summed E-state index contributed by atoms with van der Waals surface area (Å²) >= 11 is 1.79. The molecule has 0 amide bonds. The highest BCUT2D eigenvalue weighted by atomic mass is 32.2. The third kappa shape index (κ3) is 2.50. The molecular weight excluding hydrogens is 196 g/mol. The van der Waals surface area contributed by atoms with Gasteiger partial charge in [0, 0.05) is 5.75 Å². The molecule has 0 aliphatic carbocycles. The largest absolute Gasteiger partial charge is 0.367 e. The monoisotopic (exact) mass is 210 g/mol. The van der Waals surface area contributed by atoms with Crippen LogP contribution in [0.2, 0.25) is 0 Å². The zero-order chi connectivity index (χ0) is 9.80. The van der Waals surface area contributed by atoms with Crippen molar-refractivity contribution in [1.29, 1.82) is 0 Å². The molecule has 0 saturated carbocycles. The number of aliphatic hydroxyl groups excluding tert-OH is 1. The summed E-state index contributed by atoms with van der Waals surface area (Å²) in [6.07, 6.45) is 0.279. The lowest BCUT2D eigenvalue weighted by atomic mass is 10.1. The van der Waals surface area contributed by atoms with E-state index in [-0.39, 0.29) is 5.25 Å². The van der Waals surface area contributed by atoms with Crippen LogP contribution >= 0.6 is 11.8 Å². The Balaban J connectivity index is 1.96. The molecule has 1 fully saturated rings. The predicted octanol–water partition coefficient (Wildman–Crippen LogP) is 1.68. The molecular formula is C11H14O2S. The molecule has 2 nitrogen and oxygen atoms in total. The first kappa shape index (κ1) is 10.0. The molecule has 1 N–H and O–H groups in total. The van der Waals surface area contributed by atoms with E-state index in [1.807, 2.05) is 18.2 Å². The molecule has 76 valence electrons. The minimum Gasteiger partial charge on any atom is -0.367 e. The Hall–Kier alpha value is -0.510. The van der Waals surface area contributed by atoms with Crippen molar-refractivity contribution in [2.45, 2.75) is 18.0 Å². The number of hydrogen-bond donors (Lipinski definition) is 1. The molecule has 2 atom stereocenters. The van der Waals surface area contributed by atoms with Crippen LogP contribution in [0, 0.1) is 0 Å². The Kier molecular flexibility index (Phi) is 3.45. The summed E-state index contributed by atoms with van der Waals surface area (Å²) in [6, 6.07) is 10.2. The van der Waals surface area contributed by atoms with Gasteiger partial charge in [-0.1, -0.05) is 30.3 Å². The van der Waals surface area contributed by atoms with E-state index >= 15 is 0 Å². The summed E-state index contributed by atoms with van der Waals surface area (Å²) in [5, 5.41) is 9.77. The van der Waals surface area contributed by atoms with Crippen LogP contribution in [0.5, 0.6) is 0 Å². The van der Waals surface area contributed by atoms with Gasteiger partial charge in [0.2, 0.25) is 0 Å². The first-order valence-electron chi connectivity index (χ1n) is 4.81. The maximum atomic E-state index is 9.59. The van der Waals surface area contributed by atoms with Crippen molar-refractivity contribution in [3.8, 4) is 0 Å². The SMILES string of the molecule is OC1OCCSC1Cc1ccccc1. The number of thioether (sulfide) groups is 1. The van der Waals surface area contributed by atoms with Gasteiger partial charge in [0.15, 0.2) is 6.29 Å². The van der Waals surface area contributed by atoms with Gasteiger partial charge in [0.25, 0.3) is 0 Å². The van der Waals surface area contributed by atoms with E-state index in [4.69, 9.17) is 4.74 Å². The Morgan fingerprint density at radius 2 is 2.14 bits per heavy atom. The lowest BCUT2D eigenvalue weighted by molar-refractivity contribution is -0.0978. The average molecular weight is 210 g/mol. The topological polar surface area (TPSA) is 29.5 Å². The van der Waals surface area contributed by atoms with Crippen LogP contribution in [0.3, 0.4) is 0 Å². The molecule has 1 aromatic carbocycles. The Labute approximate surface area is 88.3 Å². The first-order valence-corrected chi connectivity index (χ1v) is 5.86. The second-order valence-electron chi connectivity index (χ2n) is 3.36. The van der Waals surface area contributed by atoms with Gasteiger partial charge in [-0.3, -0.25) is 0 Å². The van der Waals surface area contributed by atoms with E-state index in [1.165, 1.54) is 5.56 Å². The lowest BCUT2D eigenvalue weighted by Gasteiger charge is -2.27. The molecule has 1 aromatic rings. The third-order valence-corrected chi connectivity index (χ3v) is 3.53. The fraction of sp³-hybridized carbons (Fsp3) is 0.455. The highest BCUT2D eigenvalue weighted by Gasteiger charge is 2.24. The summed E-state index contributed by atoms with van der Waals surface area (Å²) in [7, 11) is 0. The fourth-order valence-corrected chi connectivity index (χ4v) is 2.61. The molecule has 2 rings (SSSR count). The zero-order valence-electron chi connectivity index (χ0n) is 7.93. The Bertz CT molecular complexity index is 276. The van der Waals surface area contributed by atoms with Gasteiger partial charge in [0.05, 0.1) is 11.9 Å². The molecule has 0 spiro atoms. The summed E-state index contributed by atoms with van der Waals surface area (Å²) < 4.78 is 5.20. The molecule has 0 aromatic heterocycles. The van der Waals surface area contributed by atoms with Crippen LogP contribution in [0.25, 0.3) is 0 Å². The highest BCUT2D eigenvalue weighted by Crippen LogP contribution is 2.24. The van der Waals surface area contributed by atoms with Crippen molar-refractivity contribution < 1.29 is 9.84 Å². The first-order chi connectivity index (χ1) is 6.86. The van der Waals surface area contributed by atoms with Crippen molar-refractivity contribution in [3.63, 3.8) is 0 Å². The number of rotatable bonds is 2. The van der Waals surface area contributed by atoms with E-state index < -0.39 is 6.29 Å². The third-order valence-electron chi connectivity index (χ3n) is 2.30. The Morgan fingerprint density at radius 1 is 1.36 bits per heavy atom. The summed E-state index contributed by atoms with van der Waals surface area (Å²) in [6.45, 7) is 0.664. The maximum Gasteiger partial charge on any atom is 0.166 e. The van der Waals surface area contributed by atoms with Crippen molar-refractivity contribution in [2.24, 2.45) is 0 Å². The molecule has 0 radical (unpaired) electrons. The van der Waals surface area contributed by atoms with E-state index in [0.717, 1.165) is 12.2 Å².